The Morgan fingerprint density at radius 2 is 1.94 bits per heavy atom. The van der Waals surface area contributed by atoms with Gasteiger partial charge in [0.2, 0.25) is 0 Å². The maximum Gasteiger partial charge on any atom is 0.328 e. The summed E-state index contributed by atoms with van der Waals surface area (Å²) in [4.78, 5) is 16.2. The van der Waals surface area contributed by atoms with Gasteiger partial charge in [0.15, 0.2) is 0 Å². The number of rotatable bonds is 4. The van der Waals surface area contributed by atoms with Crippen LogP contribution in [0.2, 0.25) is 0 Å². The van der Waals surface area contributed by atoms with Crippen molar-refractivity contribution in [3.8, 4) is 0 Å². The van der Waals surface area contributed by atoms with Gasteiger partial charge in [0.25, 0.3) is 0 Å². The van der Waals surface area contributed by atoms with Gasteiger partial charge < -0.3 is 10.1 Å². The van der Waals surface area contributed by atoms with Gasteiger partial charge in [0.1, 0.15) is 11.6 Å². The van der Waals surface area contributed by atoms with Crippen molar-refractivity contribution < 1.29 is 20.1 Å². The van der Waals surface area contributed by atoms with Crippen LogP contribution in [0.4, 0.5) is 8.78 Å². The number of halogens is 2. The number of aromatic amines is 1. The average molecular weight is 435 g/mol. The summed E-state index contributed by atoms with van der Waals surface area (Å²) in [5.41, 5.74) is 1.91. The molecular formula is C26H24F2N2O2. The Balaban J connectivity index is 1.60. The van der Waals surface area contributed by atoms with Crippen molar-refractivity contribution in [2.75, 3.05) is 0 Å². The molecule has 7 rings (SSSR count). The van der Waals surface area contributed by atoms with Crippen LogP contribution in [0.3, 0.4) is 0 Å². The molecule has 3 aliphatic carbocycles. The highest BCUT2D eigenvalue weighted by molar-refractivity contribution is 5.86. The maximum atomic E-state index is 15.7. The van der Waals surface area contributed by atoms with Crippen LogP contribution in [0.5, 0.6) is 0 Å². The van der Waals surface area contributed by atoms with Gasteiger partial charge in [0.05, 0.1) is 7.39 Å². The zero-order valence-corrected chi connectivity index (χ0v) is 17.7. The molecule has 3 fully saturated rings. The van der Waals surface area contributed by atoms with Gasteiger partial charge in [-0.3, -0.25) is 4.90 Å². The minimum Gasteiger partial charge on any atom is -0.478 e. The molecule has 2 bridgehead atoms. The van der Waals surface area contributed by atoms with Crippen LogP contribution in [0.25, 0.3) is 17.0 Å². The van der Waals surface area contributed by atoms with Crippen LogP contribution in [0.15, 0.2) is 42.5 Å². The minimum atomic E-state index is -1.76. The molecule has 2 atom stereocenters. The summed E-state index contributed by atoms with van der Waals surface area (Å²) >= 11 is 0. The van der Waals surface area contributed by atoms with E-state index in [0.717, 1.165) is 60.0 Å². The summed E-state index contributed by atoms with van der Waals surface area (Å²) < 4.78 is 41.1. The van der Waals surface area contributed by atoms with Crippen LogP contribution >= 0.6 is 0 Å². The van der Waals surface area contributed by atoms with E-state index in [1.165, 1.54) is 0 Å². The molecule has 0 saturated heterocycles. The molecule has 0 unspecified atom stereocenters. The van der Waals surface area contributed by atoms with Crippen molar-refractivity contribution in [1.29, 1.82) is 0 Å². The molecule has 2 aromatic carbocycles. The number of H-pyrrole nitrogens is 1. The number of aromatic nitrogens is 1. The molecule has 4 nitrogen and oxygen atoms in total. The van der Waals surface area contributed by atoms with E-state index in [1.807, 2.05) is 36.1 Å². The van der Waals surface area contributed by atoms with Gasteiger partial charge in [-0.1, -0.05) is 18.2 Å². The Labute approximate surface area is 186 Å². The first-order valence-corrected chi connectivity index (χ1v) is 11.0. The SMILES string of the molecule is [2H][C@@]1(c2c(F)cc(/C=C/C(=O)O)cc2F)c2[nH]c3ccccc3c2C[C@@H](C)N1C12CC(C1)C2. The van der Waals surface area contributed by atoms with E-state index in [9.17, 15) is 6.17 Å². The third kappa shape index (κ3) is 2.72. The topological polar surface area (TPSA) is 56.3 Å². The Bertz CT molecular complexity index is 1310. The molecule has 4 aliphatic rings. The Morgan fingerprint density at radius 3 is 2.56 bits per heavy atom. The molecule has 2 N–H and O–H groups in total. The molecule has 0 radical (unpaired) electrons. The second kappa shape index (κ2) is 6.75. The van der Waals surface area contributed by atoms with E-state index in [2.05, 4.69) is 4.98 Å². The molecule has 32 heavy (non-hydrogen) atoms. The van der Waals surface area contributed by atoms with Crippen molar-refractivity contribution in [2.24, 2.45) is 5.92 Å². The summed E-state index contributed by atoms with van der Waals surface area (Å²) in [5, 5.41) is 9.85. The predicted octanol–water partition coefficient (Wildman–Crippen LogP) is 5.43. The van der Waals surface area contributed by atoms with E-state index >= 15 is 8.78 Å². The monoisotopic (exact) mass is 435 g/mol. The smallest absolute Gasteiger partial charge is 0.328 e. The number of fused-ring (bicyclic) bond motifs is 3. The molecule has 0 spiro atoms. The molecule has 3 saturated carbocycles. The van der Waals surface area contributed by atoms with Gasteiger partial charge in [-0.25, -0.2) is 13.6 Å². The van der Waals surface area contributed by atoms with Crippen LogP contribution in [-0.4, -0.2) is 32.5 Å². The van der Waals surface area contributed by atoms with Crippen molar-refractivity contribution >= 4 is 22.9 Å². The number of benzene rings is 2. The number of nitrogens with zero attached hydrogens (tertiary/aromatic N) is 1. The second-order valence-electron chi connectivity index (χ2n) is 9.53. The van der Waals surface area contributed by atoms with E-state index in [4.69, 9.17) is 5.11 Å². The molecule has 2 heterocycles. The number of carboxylic acids is 1. The number of aliphatic carboxylic acids is 1. The first-order valence-electron chi connectivity index (χ1n) is 11.5. The summed E-state index contributed by atoms with van der Waals surface area (Å²) in [6.45, 7) is 2.05. The summed E-state index contributed by atoms with van der Waals surface area (Å²) in [6.07, 6.45) is 5.57. The largest absolute Gasteiger partial charge is 0.478 e. The highest BCUT2D eigenvalue weighted by Crippen LogP contribution is 2.64. The number of carboxylic acid groups (broad SMARTS) is 1. The molecule has 0 amide bonds. The summed E-state index contributed by atoms with van der Waals surface area (Å²) in [7, 11) is 0. The van der Waals surface area contributed by atoms with E-state index in [0.29, 0.717) is 18.0 Å². The van der Waals surface area contributed by atoms with Crippen molar-refractivity contribution in [2.45, 2.75) is 50.2 Å². The lowest BCUT2D eigenvalue weighted by molar-refractivity contribution is -0.174. The standard InChI is InChI=1S/C26H24F2N2O2/c1-14-8-18-17-4-2-3-5-21(17)29-24(18)25(30(14)26-11-16(12-26)13-26)23-19(27)9-15(10-20(23)28)6-7-22(31)32/h2-7,9-10,14,16,25,29H,8,11-13H2,1H3,(H,31,32)/b7-6+/t14-,16?,25-,26?/m1/s1/i25D. The van der Waals surface area contributed by atoms with Crippen LogP contribution in [-0.2, 0) is 11.2 Å². The van der Waals surface area contributed by atoms with Gasteiger partial charge >= 0.3 is 5.97 Å². The third-order valence-corrected chi connectivity index (χ3v) is 7.47. The number of hydrogen-bond donors (Lipinski definition) is 2. The second-order valence-corrected chi connectivity index (χ2v) is 9.53. The van der Waals surface area contributed by atoms with Gasteiger partial charge in [-0.2, -0.15) is 0 Å². The quantitative estimate of drug-likeness (QED) is 0.537. The Kier molecular flexibility index (Phi) is 3.92. The lowest BCUT2D eigenvalue weighted by Gasteiger charge is -2.70. The number of hydrogen-bond acceptors (Lipinski definition) is 2. The first-order chi connectivity index (χ1) is 15.7. The van der Waals surface area contributed by atoms with Gasteiger partial charge in [-0.05, 0) is 73.9 Å². The average Bonchev–Trinajstić information content (AvgIpc) is 3.06. The third-order valence-electron chi connectivity index (χ3n) is 7.47. The molecule has 1 aromatic heterocycles. The molecule has 1 aliphatic heterocycles. The van der Waals surface area contributed by atoms with E-state index in [1.54, 1.807) is 0 Å². The summed E-state index contributed by atoms with van der Waals surface area (Å²) in [6, 6.07) is 8.17. The predicted molar refractivity (Wildman–Crippen MR) is 118 cm³/mol. The first kappa shape index (κ1) is 18.6. The fourth-order valence-corrected chi connectivity index (χ4v) is 6.10. The lowest BCUT2D eigenvalue weighted by Crippen LogP contribution is -2.71. The fraction of sp³-hybridized carbons (Fsp3) is 0.346. The molecule has 164 valence electrons. The van der Waals surface area contributed by atoms with Crippen LogP contribution < -0.4 is 0 Å². The van der Waals surface area contributed by atoms with E-state index < -0.39 is 23.6 Å². The van der Waals surface area contributed by atoms with Crippen LogP contribution in [0.1, 0.15) is 56.0 Å². The van der Waals surface area contributed by atoms with Gasteiger partial charge in [0, 0.05) is 39.8 Å². The van der Waals surface area contributed by atoms with Crippen molar-refractivity contribution in [1.82, 2.24) is 9.88 Å². The maximum absolute atomic E-state index is 15.7. The van der Waals surface area contributed by atoms with Crippen LogP contribution in [0, 0.1) is 17.6 Å². The normalized spacial score (nSPS) is 31.8. The highest BCUT2D eigenvalue weighted by Gasteiger charge is 2.63. The molecular weight excluding hydrogens is 410 g/mol. The molecule has 6 heteroatoms. The number of nitrogens with one attached hydrogen (secondary N) is 1. The zero-order valence-electron chi connectivity index (χ0n) is 18.7. The fourth-order valence-electron chi connectivity index (χ4n) is 6.10. The van der Waals surface area contributed by atoms with Crippen molar-refractivity contribution in [3.63, 3.8) is 0 Å². The lowest BCUT2D eigenvalue weighted by atomic mass is 9.48. The van der Waals surface area contributed by atoms with E-state index in [-0.39, 0.29) is 22.7 Å². The summed E-state index contributed by atoms with van der Waals surface area (Å²) in [5.74, 6) is -2.24. The van der Waals surface area contributed by atoms with Crippen molar-refractivity contribution in [3.05, 3.63) is 76.5 Å². The van der Waals surface area contributed by atoms with Gasteiger partial charge in [-0.15, -0.1) is 0 Å². The molecule has 3 aromatic rings. The minimum absolute atomic E-state index is 0.0687. The zero-order chi connectivity index (χ0) is 23.1. The Morgan fingerprint density at radius 1 is 1.25 bits per heavy atom. The number of carbonyl (C=O) groups is 1. The number of para-hydroxylation sites is 1. The highest BCUT2D eigenvalue weighted by atomic mass is 19.1. The Hall–Kier alpha value is -2.99.